The van der Waals surface area contributed by atoms with Crippen molar-refractivity contribution in [3.63, 3.8) is 0 Å². The lowest BCUT2D eigenvalue weighted by Gasteiger charge is -2.34. The highest BCUT2D eigenvalue weighted by Crippen LogP contribution is 2.07. The Kier molecular flexibility index (Phi) is 4.08. The molecule has 0 bridgehead atoms. The second-order valence-corrected chi connectivity index (χ2v) is 3.85. The van der Waals surface area contributed by atoms with Crippen LogP contribution in [0.15, 0.2) is 0 Å². The minimum atomic E-state index is -1.23. The van der Waals surface area contributed by atoms with Gasteiger partial charge >= 0.3 is 12.0 Å². The van der Waals surface area contributed by atoms with Gasteiger partial charge in [0.1, 0.15) is 18.6 Å². The minimum absolute atomic E-state index is 0.163. The first-order valence-corrected chi connectivity index (χ1v) is 5.19. The Morgan fingerprint density at radius 3 is 2.67 bits per heavy atom. The third kappa shape index (κ3) is 3.09. The number of aliphatic carboxylic acids is 1. The summed E-state index contributed by atoms with van der Waals surface area (Å²) in [5.41, 5.74) is 4.87. The maximum absolute atomic E-state index is 11.9. The number of hydrogen-bond donors (Lipinski definition) is 4. The Bertz CT molecular complexity index is 396. The summed E-state index contributed by atoms with van der Waals surface area (Å²) < 4.78 is 0. The van der Waals surface area contributed by atoms with Crippen molar-refractivity contribution in [2.24, 2.45) is 5.73 Å². The van der Waals surface area contributed by atoms with E-state index < -0.39 is 35.9 Å². The van der Waals surface area contributed by atoms with Gasteiger partial charge in [0.15, 0.2) is 0 Å². The van der Waals surface area contributed by atoms with Crippen molar-refractivity contribution >= 4 is 23.8 Å². The maximum Gasteiger partial charge on any atom is 0.328 e. The van der Waals surface area contributed by atoms with E-state index in [1.54, 1.807) is 0 Å². The summed E-state index contributed by atoms with van der Waals surface area (Å²) >= 11 is 0. The number of primary amides is 1. The zero-order valence-electron chi connectivity index (χ0n) is 9.67. The number of amides is 4. The minimum Gasteiger partial charge on any atom is -0.480 e. The van der Waals surface area contributed by atoms with Crippen LogP contribution in [0.2, 0.25) is 0 Å². The van der Waals surface area contributed by atoms with E-state index in [1.165, 1.54) is 6.92 Å². The van der Waals surface area contributed by atoms with E-state index in [9.17, 15) is 19.2 Å². The Morgan fingerprint density at radius 1 is 1.56 bits per heavy atom. The van der Waals surface area contributed by atoms with Crippen LogP contribution in [0, 0.1) is 0 Å². The van der Waals surface area contributed by atoms with E-state index in [1.807, 2.05) is 0 Å². The first-order valence-electron chi connectivity index (χ1n) is 5.19. The SMILES string of the molecule is CC(NC(N)=O)C(=O)N1CC(=O)NCC1C(=O)O. The number of carbonyl (C=O) groups excluding carboxylic acids is 3. The number of nitrogens with zero attached hydrogens (tertiary/aromatic N) is 1. The quantitative estimate of drug-likeness (QED) is 0.441. The van der Waals surface area contributed by atoms with Crippen molar-refractivity contribution in [1.29, 1.82) is 0 Å². The lowest BCUT2D eigenvalue weighted by atomic mass is 10.1. The van der Waals surface area contributed by atoms with Crippen LogP contribution in [-0.2, 0) is 14.4 Å². The molecule has 18 heavy (non-hydrogen) atoms. The Morgan fingerprint density at radius 2 is 2.17 bits per heavy atom. The number of hydrogen-bond acceptors (Lipinski definition) is 4. The molecular formula is C9H14N4O5. The van der Waals surface area contributed by atoms with Gasteiger partial charge in [-0.05, 0) is 6.92 Å². The van der Waals surface area contributed by atoms with Crippen molar-refractivity contribution < 1.29 is 24.3 Å². The predicted molar refractivity (Wildman–Crippen MR) is 58.3 cm³/mol. The van der Waals surface area contributed by atoms with Crippen LogP contribution in [-0.4, -0.2) is 59.0 Å². The zero-order chi connectivity index (χ0) is 13.9. The topological polar surface area (TPSA) is 142 Å². The van der Waals surface area contributed by atoms with Crippen molar-refractivity contribution in [2.75, 3.05) is 13.1 Å². The Hall–Kier alpha value is -2.32. The van der Waals surface area contributed by atoms with Crippen LogP contribution >= 0.6 is 0 Å². The molecule has 0 saturated carbocycles. The highest BCUT2D eigenvalue weighted by molar-refractivity contribution is 5.94. The average Bonchev–Trinajstić information content (AvgIpc) is 2.26. The molecule has 0 aromatic heterocycles. The lowest BCUT2D eigenvalue weighted by Crippen LogP contribution is -2.62. The second kappa shape index (κ2) is 5.34. The molecule has 1 fully saturated rings. The third-order valence-corrected chi connectivity index (χ3v) is 2.48. The molecule has 1 aliphatic rings. The molecule has 2 atom stereocenters. The number of piperazine rings is 1. The number of nitrogens with one attached hydrogen (secondary N) is 2. The molecule has 1 aliphatic heterocycles. The zero-order valence-corrected chi connectivity index (χ0v) is 9.67. The van der Waals surface area contributed by atoms with E-state index in [0.29, 0.717) is 0 Å². The predicted octanol–water partition coefficient (Wildman–Crippen LogP) is -2.55. The van der Waals surface area contributed by atoms with Crippen molar-refractivity contribution in [1.82, 2.24) is 15.5 Å². The van der Waals surface area contributed by atoms with E-state index in [4.69, 9.17) is 10.8 Å². The molecule has 4 amide bonds. The molecule has 100 valence electrons. The van der Waals surface area contributed by atoms with Gasteiger partial charge < -0.3 is 26.4 Å². The maximum atomic E-state index is 11.9. The van der Waals surface area contributed by atoms with E-state index >= 15 is 0 Å². The number of urea groups is 1. The molecule has 0 aliphatic carbocycles. The van der Waals surface area contributed by atoms with Gasteiger partial charge in [-0.1, -0.05) is 0 Å². The standard InChI is InChI=1S/C9H14N4O5/c1-4(12-9(10)18)7(15)13-3-6(14)11-2-5(13)8(16)17/h4-5H,2-3H2,1H3,(H,11,14)(H,16,17)(H3,10,12,18). The molecule has 0 spiro atoms. The number of carbonyl (C=O) groups is 4. The Labute approximate surface area is 102 Å². The fourth-order valence-electron chi connectivity index (χ4n) is 1.62. The van der Waals surface area contributed by atoms with Gasteiger partial charge in [-0.25, -0.2) is 9.59 Å². The van der Waals surface area contributed by atoms with Gasteiger partial charge in [-0.2, -0.15) is 0 Å². The second-order valence-electron chi connectivity index (χ2n) is 3.85. The molecule has 0 aromatic carbocycles. The molecule has 1 heterocycles. The van der Waals surface area contributed by atoms with Crippen molar-refractivity contribution in [3.05, 3.63) is 0 Å². The van der Waals surface area contributed by atoms with E-state index in [-0.39, 0.29) is 13.1 Å². The van der Waals surface area contributed by atoms with Crippen LogP contribution in [0.4, 0.5) is 4.79 Å². The number of carboxylic acid groups (broad SMARTS) is 1. The molecule has 1 rings (SSSR count). The fourth-order valence-corrected chi connectivity index (χ4v) is 1.62. The normalized spacial score (nSPS) is 20.8. The molecule has 0 aromatic rings. The van der Waals surface area contributed by atoms with E-state index in [2.05, 4.69) is 10.6 Å². The van der Waals surface area contributed by atoms with Crippen molar-refractivity contribution in [3.8, 4) is 0 Å². The van der Waals surface area contributed by atoms with Crippen LogP contribution in [0.5, 0.6) is 0 Å². The van der Waals surface area contributed by atoms with Crippen LogP contribution in [0.1, 0.15) is 6.92 Å². The average molecular weight is 258 g/mol. The van der Waals surface area contributed by atoms with Crippen LogP contribution in [0.3, 0.4) is 0 Å². The van der Waals surface area contributed by atoms with Gasteiger partial charge in [0.2, 0.25) is 11.8 Å². The Balaban J connectivity index is 2.81. The summed E-state index contributed by atoms with van der Waals surface area (Å²) in [7, 11) is 0. The van der Waals surface area contributed by atoms with Gasteiger partial charge in [-0.15, -0.1) is 0 Å². The lowest BCUT2D eigenvalue weighted by molar-refractivity contribution is -0.154. The fraction of sp³-hybridized carbons (Fsp3) is 0.556. The summed E-state index contributed by atoms with van der Waals surface area (Å²) in [6.07, 6.45) is 0. The van der Waals surface area contributed by atoms with Crippen molar-refractivity contribution in [2.45, 2.75) is 19.0 Å². The van der Waals surface area contributed by atoms with Gasteiger partial charge in [-0.3, -0.25) is 9.59 Å². The molecule has 2 unspecified atom stereocenters. The molecule has 1 saturated heterocycles. The molecule has 0 radical (unpaired) electrons. The first kappa shape index (κ1) is 13.7. The van der Waals surface area contributed by atoms with Gasteiger partial charge in [0.25, 0.3) is 0 Å². The van der Waals surface area contributed by atoms with Crippen LogP contribution < -0.4 is 16.4 Å². The molecule has 9 nitrogen and oxygen atoms in total. The van der Waals surface area contributed by atoms with E-state index in [0.717, 1.165) is 4.90 Å². The van der Waals surface area contributed by atoms with Gasteiger partial charge in [0, 0.05) is 6.54 Å². The van der Waals surface area contributed by atoms with Gasteiger partial charge in [0.05, 0.1) is 0 Å². The number of rotatable bonds is 3. The highest BCUT2D eigenvalue weighted by atomic mass is 16.4. The number of carboxylic acids is 1. The monoisotopic (exact) mass is 258 g/mol. The molecular weight excluding hydrogens is 244 g/mol. The van der Waals surface area contributed by atoms with Crippen LogP contribution in [0.25, 0.3) is 0 Å². The molecule has 5 N–H and O–H groups in total. The molecule has 9 heteroatoms. The largest absolute Gasteiger partial charge is 0.480 e. The third-order valence-electron chi connectivity index (χ3n) is 2.48. The number of nitrogens with two attached hydrogens (primary N) is 1. The summed E-state index contributed by atoms with van der Waals surface area (Å²) in [6.45, 7) is 0.836. The summed E-state index contributed by atoms with van der Waals surface area (Å²) in [5.74, 6) is -2.35. The summed E-state index contributed by atoms with van der Waals surface area (Å²) in [4.78, 5) is 45.6. The first-order chi connectivity index (χ1) is 8.32. The summed E-state index contributed by atoms with van der Waals surface area (Å²) in [6, 6.07) is -3.04. The summed E-state index contributed by atoms with van der Waals surface area (Å²) in [5, 5.41) is 13.4. The smallest absolute Gasteiger partial charge is 0.328 e. The highest BCUT2D eigenvalue weighted by Gasteiger charge is 2.37.